The van der Waals surface area contributed by atoms with Gasteiger partial charge in [0, 0.05) is 13.1 Å². The Hall–Kier alpha value is -3.58. The molecule has 2 aromatic carbocycles. The van der Waals surface area contributed by atoms with Crippen LogP contribution in [0.25, 0.3) is 0 Å². The molecule has 0 spiro atoms. The molecule has 8 heteroatoms. The Kier molecular flexibility index (Phi) is 7.87. The number of aryl methyl sites for hydroxylation is 1. The highest BCUT2D eigenvalue weighted by Crippen LogP contribution is 2.35. The number of halogens is 1. The number of nitrogens with zero attached hydrogens (tertiary/aromatic N) is 3. The first-order chi connectivity index (χ1) is 16.9. The van der Waals surface area contributed by atoms with Gasteiger partial charge in [-0.25, -0.2) is 14.8 Å². The normalized spacial score (nSPS) is 13.9. The van der Waals surface area contributed by atoms with E-state index in [1.54, 1.807) is 25.1 Å². The largest absolute Gasteiger partial charge is 0.478 e. The number of anilines is 2. The SMILES string of the molecule is C=Nc1nc(N2CCC(Cc3ccccc3)CC2)c(Cl)cc1NCOc1ccc(C)c(C(=O)O)c1. The Morgan fingerprint density at radius 1 is 1.23 bits per heavy atom. The van der Waals surface area contributed by atoms with Crippen LogP contribution in [0.2, 0.25) is 5.02 Å². The van der Waals surface area contributed by atoms with Gasteiger partial charge in [-0.15, -0.1) is 0 Å². The van der Waals surface area contributed by atoms with Gasteiger partial charge in [-0.05, 0) is 68.1 Å². The molecule has 0 unspecified atom stereocenters. The van der Waals surface area contributed by atoms with Crippen molar-refractivity contribution < 1.29 is 14.6 Å². The van der Waals surface area contributed by atoms with Crippen LogP contribution in [0, 0.1) is 12.8 Å². The summed E-state index contributed by atoms with van der Waals surface area (Å²) in [4.78, 5) is 22.3. The van der Waals surface area contributed by atoms with Crippen molar-refractivity contribution >= 4 is 41.6 Å². The molecule has 1 saturated heterocycles. The Morgan fingerprint density at radius 3 is 2.66 bits per heavy atom. The summed E-state index contributed by atoms with van der Waals surface area (Å²) < 4.78 is 5.68. The molecule has 3 aromatic rings. The lowest BCUT2D eigenvalue weighted by molar-refractivity contribution is 0.0695. The van der Waals surface area contributed by atoms with Gasteiger partial charge in [0.2, 0.25) is 0 Å². The zero-order valence-corrected chi connectivity index (χ0v) is 20.5. The Labute approximate surface area is 210 Å². The molecule has 7 nitrogen and oxygen atoms in total. The molecule has 0 amide bonds. The molecule has 0 aliphatic carbocycles. The van der Waals surface area contributed by atoms with E-state index in [-0.39, 0.29) is 12.3 Å². The number of aromatic carboxylic acids is 1. The third-order valence-corrected chi connectivity index (χ3v) is 6.59. The van der Waals surface area contributed by atoms with Gasteiger partial charge in [0.05, 0.1) is 16.3 Å². The van der Waals surface area contributed by atoms with Gasteiger partial charge in [-0.2, -0.15) is 0 Å². The van der Waals surface area contributed by atoms with Crippen LogP contribution in [0.5, 0.6) is 5.75 Å². The zero-order chi connectivity index (χ0) is 24.8. The van der Waals surface area contributed by atoms with E-state index < -0.39 is 5.97 Å². The number of nitrogens with one attached hydrogen (secondary N) is 1. The van der Waals surface area contributed by atoms with E-state index in [4.69, 9.17) is 16.3 Å². The maximum atomic E-state index is 11.3. The molecule has 1 aliphatic rings. The number of aliphatic imine (C=N–C) groups is 1. The number of hydrogen-bond donors (Lipinski definition) is 2. The monoisotopic (exact) mass is 492 g/mol. The first-order valence-corrected chi connectivity index (χ1v) is 12.0. The minimum Gasteiger partial charge on any atom is -0.478 e. The maximum Gasteiger partial charge on any atom is 0.336 e. The van der Waals surface area contributed by atoms with E-state index in [1.165, 1.54) is 11.6 Å². The summed E-state index contributed by atoms with van der Waals surface area (Å²) in [5.41, 5.74) is 2.85. The molecule has 0 bridgehead atoms. The Balaban J connectivity index is 1.37. The lowest BCUT2D eigenvalue weighted by Crippen LogP contribution is -2.35. The number of piperidine rings is 1. The molecule has 0 atom stereocenters. The van der Waals surface area contributed by atoms with Crippen LogP contribution >= 0.6 is 11.6 Å². The lowest BCUT2D eigenvalue weighted by Gasteiger charge is -2.33. The second-order valence-electron chi connectivity index (χ2n) is 8.69. The molecular weight excluding hydrogens is 464 g/mol. The van der Waals surface area contributed by atoms with E-state index in [9.17, 15) is 9.90 Å². The summed E-state index contributed by atoms with van der Waals surface area (Å²) in [5, 5.41) is 12.9. The number of benzene rings is 2. The third-order valence-electron chi connectivity index (χ3n) is 6.31. The maximum absolute atomic E-state index is 11.3. The number of ether oxygens (including phenoxy) is 1. The molecule has 1 aromatic heterocycles. The predicted octanol–water partition coefficient (Wildman–Crippen LogP) is 5.98. The van der Waals surface area contributed by atoms with E-state index in [0.717, 1.165) is 32.4 Å². The average molecular weight is 493 g/mol. The number of aromatic nitrogens is 1. The minimum atomic E-state index is -0.991. The van der Waals surface area contributed by atoms with Crippen molar-refractivity contribution in [2.45, 2.75) is 26.2 Å². The van der Waals surface area contributed by atoms with Crippen LogP contribution < -0.4 is 15.0 Å². The van der Waals surface area contributed by atoms with Crippen LogP contribution in [0.4, 0.5) is 17.3 Å². The smallest absolute Gasteiger partial charge is 0.336 e. The fourth-order valence-electron chi connectivity index (χ4n) is 4.36. The quantitative estimate of drug-likeness (QED) is 0.282. The van der Waals surface area contributed by atoms with Gasteiger partial charge in [0.15, 0.2) is 12.5 Å². The van der Waals surface area contributed by atoms with Gasteiger partial charge < -0.3 is 20.1 Å². The van der Waals surface area contributed by atoms with Crippen molar-refractivity contribution in [1.29, 1.82) is 0 Å². The zero-order valence-electron chi connectivity index (χ0n) is 19.7. The number of rotatable bonds is 9. The minimum absolute atomic E-state index is 0.0902. The summed E-state index contributed by atoms with van der Waals surface area (Å²) in [5.74, 6) is 1.25. The van der Waals surface area contributed by atoms with Crippen molar-refractivity contribution in [2.75, 3.05) is 30.0 Å². The van der Waals surface area contributed by atoms with Gasteiger partial charge in [-0.1, -0.05) is 48.0 Å². The molecule has 35 heavy (non-hydrogen) atoms. The lowest BCUT2D eigenvalue weighted by atomic mass is 9.90. The topological polar surface area (TPSA) is 87.0 Å². The second-order valence-corrected chi connectivity index (χ2v) is 9.10. The highest BCUT2D eigenvalue weighted by atomic mass is 35.5. The van der Waals surface area contributed by atoms with Crippen LogP contribution in [0.1, 0.15) is 34.3 Å². The molecule has 1 aliphatic heterocycles. The summed E-state index contributed by atoms with van der Waals surface area (Å²) in [6.07, 6.45) is 3.24. The molecule has 2 N–H and O–H groups in total. The molecular formula is C27H29ClN4O3. The molecule has 1 fully saturated rings. The molecule has 0 radical (unpaired) electrons. The number of carboxylic acid groups (broad SMARTS) is 1. The van der Waals surface area contributed by atoms with Crippen molar-refractivity contribution in [1.82, 2.24) is 4.98 Å². The average Bonchev–Trinajstić information content (AvgIpc) is 2.86. The highest BCUT2D eigenvalue weighted by molar-refractivity contribution is 6.33. The summed E-state index contributed by atoms with van der Waals surface area (Å²) in [6.45, 7) is 7.26. The van der Waals surface area contributed by atoms with Crippen molar-refractivity contribution in [3.05, 3.63) is 76.3 Å². The first-order valence-electron chi connectivity index (χ1n) is 11.6. The van der Waals surface area contributed by atoms with Crippen LogP contribution in [-0.4, -0.2) is 42.6 Å². The van der Waals surface area contributed by atoms with E-state index in [1.807, 2.05) is 6.07 Å². The Bertz CT molecular complexity index is 1190. The number of carboxylic acids is 1. The molecule has 0 saturated carbocycles. The predicted molar refractivity (Wildman–Crippen MR) is 141 cm³/mol. The molecule has 182 valence electrons. The highest BCUT2D eigenvalue weighted by Gasteiger charge is 2.23. The van der Waals surface area contributed by atoms with Gasteiger partial charge in [-0.3, -0.25) is 0 Å². The summed E-state index contributed by atoms with van der Waals surface area (Å²) >= 11 is 6.61. The van der Waals surface area contributed by atoms with Crippen molar-refractivity contribution in [3.8, 4) is 5.75 Å². The van der Waals surface area contributed by atoms with Crippen LogP contribution in [0.15, 0.2) is 59.6 Å². The number of hydrogen-bond acceptors (Lipinski definition) is 6. The van der Waals surface area contributed by atoms with Gasteiger partial charge in [0.25, 0.3) is 0 Å². The molecule has 2 heterocycles. The van der Waals surface area contributed by atoms with Crippen molar-refractivity contribution in [3.63, 3.8) is 0 Å². The molecule has 4 rings (SSSR count). The third kappa shape index (κ3) is 6.11. The number of pyridine rings is 1. The summed E-state index contributed by atoms with van der Waals surface area (Å²) in [7, 11) is 0. The fourth-order valence-corrected chi connectivity index (χ4v) is 4.63. The Morgan fingerprint density at radius 2 is 1.97 bits per heavy atom. The fraction of sp³-hybridized carbons (Fsp3) is 0.296. The van der Waals surface area contributed by atoms with Crippen LogP contribution in [-0.2, 0) is 6.42 Å². The van der Waals surface area contributed by atoms with Crippen molar-refractivity contribution in [2.24, 2.45) is 10.9 Å². The summed E-state index contributed by atoms with van der Waals surface area (Å²) in [6, 6.07) is 17.3. The number of carbonyl (C=O) groups is 1. The van der Waals surface area contributed by atoms with Crippen LogP contribution in [0.3, 0.4) is 0 Å². The van der Waals surface area contributed by atoms with E-state index in [0.29, 0.717) is 39.6 Å². The van der Waals surface area contributed by atoms with Gasteiger partial charge in [0.1, 0.15) is 11.6 Å². The standard InChI is InChI=1S/C27H29ClN4O3/c1-18-8-9-21(15-22(18)27(33)34)35-17-30-24-16-23(28)26(31-25(24)29-2)32-12-10-20(11-13-32)14-19-6-4-3-5-7-19/h3-9,15-16,20,30H,2,10-14,17H2,1H3,(H,33,34). The van der Waals surface area contributed by atoms with E-state index >= 15 is 0 Å². The second kappa shape index (κ2) is 11.2. The van der Waals surface area contributed by atoms with Gasteiger partial charge >= 0.3 is 5.97 Å². The van der Waals surface area contributed by atoms with E-state index in [2.05, 4.69) is 51.2 Å². The first kappa shape index (κ1) is 24.5.